The quantitative estimate of drug-likeness (QED) is 0.345. The van der Waals surface area contributed by atoms with Gasteiger partial charge in [-0.25, -0.2) is 14.8 Å². The molecule has 0 saturated carbocycles. The lowest BCUT2D eigenvalue weighted by Gasteiger charge is -2.29. The van der Waals surface area contributed by atoms with E-state index in [9.17, 15) is 18.0 Å². The second-order valence-corrected chi connectivity index (χ2v) is 9.04. The van der Waals surface area contributed by atoms with Crippen molar-refractivity contribution in [2.24, 2.45) is 5.92 Å². The molecule has 3 aromatic rings. The zero-order valence-corrected chi connectivity index (χ0v) is 20.6. The molecule has 1 aromatic heterocycles. The molecule has 1 saturated heterocycles. The van der Waals surface area contributed by atoms with Gasteiger partial charge >= 0.3 is 12.2 Å². The molecule has 1 aliphatic rings. The Labute approximate surface area is 216 Å². The van der Waals surface area contributed by atoms with Crippen LogP contribution in [0.2, 0.25) is 5.15 Å². The summed E-state index contributed by atoms with van der Waals surface area (Å²) < 4.78 is 52.2. The number of nitrogens with one attached hydrogen (secondary N) is 2. The van der Waals surface area contributed by atoms with E-state index in [-0.39, 0.29) is 35.0 Å². The van der Waals surface area contributed by atoms with Gasteiger partial charge in [0.2, 0.25) is 5.88 Å². The van der Waals surface area contributed by atoms with Gasteiger partial charge in [0, 0.05) is 17.4 Å². The lowest BCUT2D eigenvalue weighted by atomic mass is 9.98. The van der Waals surface area contributed by atoms with Gasteiger partial charge < -0.3 is 25.0 Å². The van der Waals surface area contributed by atoms with E-state index < -0.39 is 17.8 Å². The van der Waals surface area contributed by atoms with E-state index in [0.717, 1.165) is 32.0 Å². The molecule has 1 aliphatic heterocycles. The van der Waals surface area contributed by atoms with E-state index in [1.54, 1.807) is 24.3 Å². The van der Waals surface area contributed by atoms with Crippen LogP contribution in [0.4, 0.5) is 29.3 Å². The van der Waals surface area contributed by atoms with Crippen LogP contribution in [0.1, 0.15) is 18.4 Å². The van der Waals surface area contributed by atoms with Gasteiger partial charge in [0.25, 0.3) is 0 Å². The number of rotatable bonds is 7. The smallest absolute Gasteiger partial charge is 0.420 e. The van der Waals surface area contributed by atoms with Crippen molar-refractivity contribution >= 4 is 29.0 Å². The SMILES string of the molecule is CN1CCC(COc2ccc(NC(=O)Nc3ccc(Oc4cc(Cl)ncn4)cc3)cc2C(F)(F)F)CC1. The summed E-state index contributed by atoms with van der Waals surface area (Å²) in [6.07, 6.45) is -1.63. The summed E-state index contributed by atoms with van der Waals surface area (Å²) in [7, 11) is 2.02. The van der Waals surface area contributed by atoms with Crippen LogP contribution in [0.3, 0.4) is 0 Å². The van der Waals surface area contributed by atoms with E-state index in [4.69, 9.17) is 21.1 Å². The van der Waals surface area contributed by atoms with Gasteiger partial charge in [-0.1, -0.05) is 11.6 Å². The zero-order valence-electron chi connectivity index (χ0n) is 19.9. The molecule has 0 unspecified atom stereocenters. The molecule has 2 N–H and O–H groups in total. The van der Waals surface area contributed by atoms with Crippen LogP contribution in [0.25, 0.3) is 0 Å². The first-order chi connectivity index (χ1) is 17.7. The summed E-state index contributed by atoms with van der Waals surface area (Å²) in [6.45, 7) is 2.00. The van der Waals surface area contributed by atoms with Crippen LogP contribution in [-0.2, 0) is 6.18 Å². The standard InChI is InChI=1S/C25H25ClF3N5O3/c1-34-10-8-16(9-11-34)14-36-21-7-4-18(12-20(21)25(27,28)29)33-24(35)32-17-2-5-19(6-3-17)37-23-13-22(26)30-15-31-23/h2-7,12-13,15-16H,8-11,14H2,1H3,(H2,32,33,35). The van der Waals surface area contributed by atoms with E-state index in [0.29, 0.717) is 11.4 Å². The predicted molar refractivity (Wildman–Crippen MR) is 133 cm³/mol. The van der Waals surface area contributed by atoms with Crippen molar-refractivity contribution in [1.82, 2.24) is 14.9 Å². The highest BCUT2D eigenvalue weighted by molar-refractivity contribution is 6.29. The molecule has 2 aromatic carbocycles. The molecule has 37 heavy (non-hydrogen) atoms. The average molecular weight is 536 g/mol. The first-order valence-corrected chi connectivity index (χ1v) is 11.9. The Bertz CT molecular complexity index is 1220. The van der Waals surface area contributed by atoms with Crippen molar-refractivity contribution in [3.05, 3.63) is 65.6 Å². The van der Waals surface area contributed by atoms with Crippen molar-refractivity contribution in [3.63, 3.8) is 0 Å². The minimum absolute atomic E-state index is 0.0166. The molecule has 0 aliphatic carbocycles. The topological polar surface area (TPSA) is 88.6 Å². The number of halogens is 4. The van der Waals surface area contributed by atoms with E-state index in [1.807, 2.05) is 7.05 Å². The van der Waals surface area contributed by atoms with Crippen LogP contribution < -0.4 is 20.1 Å². The molecule has 0 spiro atoms. The van der Waals surface area contributed by atoms with Crippen molar-refractivity contribution < 1.29 is 27.4 Å². The van der Waals surface area contributed by atoms with Gasteiger partial charge in [0.15, 0.2) is 0 Å². The molecule has 4 rings (SSSR count). The highest BCUT2D eigenvalue weighted by atomic mass is 35.5. The van der Waals surface area contributed by atoms with Crippen molar-refractivity contribution in [3.8, 4) is 17.4 Å². The minimum Gasteiger partial charge on any atom is -0.493 e. The Morgan fingerprint density at radius 3 is 2.41 bits per heavy atom. The molecular formula is C25H25ClF3N5O3. The van der Waals surface area contributed by atoms with Crippen LogP contribution in [-0.4, -0.2) is 47.6 Å². The molecule has 0 atom stereocenters. The number of nitrogens with zero attached hydrogens (tertiary/aromatic N) is 3. The second kappa shape index (κ2) is 11.7. The number of carbonyl (C=O) groups excluding carboxylic acids is 1. The molecule has 0 radical (unpaired) electrons. The van der Waals surface area contributed by atoms with Gasteiger partial charge in [-0.2, -0.15) is 13.2 Å². The molecular weight excluding hydrogens is 511 g/mol. The average Bonchev–Trinajstić information content (AvgIpc) is 2.85. The van der Waals surface area contributed by atoms with E-state index >= 15 is 0 Å². The van der Waals surface area contributed by atoms with Crippen molar-refractivity contribution in [1.29, 1.82) is 0 Å². The first kappa shape index (κ1) is 26.5. The molecule has 2 heterocycles. The summed E-state index contributed by atoms with van der Waals surface area (Å²) in [5.41, 5.74) is -0.554. The largest absolute Gasteiger partial charge is 0.493 e. The number of aromatic nitrogens is 2. The number of piperidine rings is 1. The molecule has 1 fully saturated rings. The fourth-order valence-corrected chi connectivity index (χ4v) is 3.92. The summed E-state index contributed by atoms with van der Waals surface area (Å²) in [4.78, 5) is 22.3. The number of urea groups is 1. The fraction of sp³-hybridized carbons (Fsp3) is 0.320. The first-order valence-electron chi connectivity index (χ1n) is 11.5. The normalized spacial score (nSPS) is 14.7. The van der Waals surface area contributed by atoms with Crippen LogP contribution in [0, 0.1) is 5.92 Å². The molecule has 12 heteroatoms. The summed E-state index contributed by atoms with van der Waals surface area (Å²) in [5.74, 6) is 0.637. The third-order valence-corrected chi connectivity index (χ3v) is 6.01. The number of benzene rings is 2. The number of alkyl halides is 3. The maximum atomic E-state index is 13.7. The second-order valence-electron chi connectivity index (χ2n) is 8.65. The van der Waals surface area contributed by atoms with Gasteiger partial charge in [0.1, 0.15) is 23.0 Å². The zero-order chi connectivity index (χ0) is 26.4. The maximum absolute atomic E-state index is 13.7. The monoisotopic (exact) mass is 535 g/mol. The van der Waals surface area contributed by atoms with Gasteiger partial charge in [-0.15, -0.1) is 0 Å². The molecule has 196 valence electrons. The summed E-state index contributed by atoms with van der Waals surface area (Å²) >= 11 is 5.80. The van der Waals surface area contributed by atoms with Gasteiger partial charge in [-0.05, 0) is 81.4 Å². The summed E-state index contributed by atoms with van der Waals surface area (Å²) in [5, 5.41) is 5.22. The Morgan fingerprint density at radius 1 is 1.05 bits per heavy atom. The lowest BCUT2D eigenvalue weighted by molar-refractivity contribution is -0.139. The number of ether oxygens (including phenoxy) is 2. The maximum Gasteiger partial charge on any atom is 0.420 e. The van der Waals surface area contributed by atoms with Crippen molar-refractivity contribution in [2.45, 2.75) is 19.0 Å². The van der Waals surface area contributed by atoms with Gasteiger partial charge in [-0.3, -0.25) is 0 Å². The number of anilines is 2. The third kappa shape index (κ3) is 7.70. The lowest BCUT2D eigenvalue weighted by Crippen LogP contribution is -2.32. The van der Waals surface area contributed by atoms with Crippen LogP contribution in [0.5, 0.6) is 17.4 Å². The minimum atomic E-state index is -4.64. The van der Waals surface area contributed by atoms with Crippen molar-refractivity contribution in [2.75, 3.05) is 37.4 Å². The van der Waals surface area contributed by atoms with Crippen LogP contribution >= 0.6 is 11.6 Å². The number of hydrogen-bond donors (Lipinski definition) is 2. The number of hydrogen-bond acceptors (Lipinski definition) is 6. The molecule has 8 nitrogen and oxygen atoms in total. The fourth-order valence-electron chi connectivity index (χ4n) is 3.79. The summed E-state index contributed by atoms with van der Waals surface area (Å²) in [6, 6.07) is 10.5. The number of amides is 2. The van der Waals surface area contributed by atoms with E-state index in [2.05, 4.69) is 25.5 Å². The third-order valence-electron chi connectivity index (χ3n) is 5.80. The Kier molecular flexibility index (Phi) is 8.34. The Hall–Kier alpha value is -3.57. The highest BCUT2D eigenvalue weighted by Gasteiger charge is 2.35. The van der Waals surface area contributed by atoms with E-state index in [1.165, 1.54) is 24.5 Å². The highest BCUT2D eigenvalue weighted by Crippen LogP contribution is 2.38. The van der Waals surface area contributed by atoms with Gasteiger partial charge in [0.05, 0.1) is 12.2 Å². The predicted octanol–water partition coefficient (Wildman–Crippen LogP) is 6.31. The molecule has 0 bridgehead atoms. The number of carbonyl (C=O) groups is 1. The van der Waals surface area contributed by atoms with Crippen LogP contribution in [0.15, 0.2) is 54.9 Å². The molecule has 2 amide bonds. The number of likely N-dealkylation sites (tertiary alicyclic amines) is 1. The Morgan fingerprint density at radius 2 is 1.73 bits per heavy atom. The Balaban J connectivity index is 1.35.